The van der Waals surface area contributed by atoms with E-state index in [0.717, 1.165) is 18.9 Å². The minimum absolute atomic E-state index is 0.0682. The lowest BCUT2D eigenvalue weighted by Crippen LogP contribution is -2.30. The Labute approximate surface area is 93.6 Å². The smallest absolute Gasteiger partial charge is 0.163 e. The van der Waals surface area contributed by atoms with Gasteiger partial charge in [-0.1, -0.05) is 12.1 Å². The Morgan fingerprint density at radius 1 is 1.44 bits per heavy atom. The molecule has 4 heteroatoms. The van der Waals surface area contributed by atoms with Crippen molar-refractivity contribution in [1.29, 1.82) is 0 Å². The lowest BCUT2D eigenvalue weighted by atomic mass is 9.99. The molecule has 1 N–H and O–H groups in total. The maximum atomic E-state index is 13.6. The van der Waals surface area contributed by atoms with Gasteiger partial charge in [0.15, 0.2) is 11.6 Å². The second-order valence-electron chi connectivity index (χ2n) is 3.96. The summed E-state index contributed by atoms with van der Waals surface area (Å²) in [6.07, 6.45) is 1.78. The molecular formula is C12H15F2NO. The standard InChI is InChI=1S/C12H15F2NO/c1-15-12(10-6-3-7-16-10)8-4-2-5-9(13)11(8)14/h2,4-5,10,12,15H,3,6-7H2,1H3. The molecule has 2 unspecified atom stereocenters. The summed E-state index contributed by atoms with van der Waals surface area (Å²) in [5.74, 6) is -1.59. The number of ether oxygens (including phenoxy) is 1. The molecule has 1 aliphatic rings. The van der Waals surface area contributed by atoms with Gasteiger partial charge in [0.25, 0.3) is 0 Å². The van der Waals surface area contributed by atoms with Crippen LogP contribution in [0, 0.1) is 11.6 Å². The quantitative estimate of drug-likeness (QED) is 0.856. The fourth-order valence-corrected chi connectivity index (χ4v) is 2.17. The Hall–Kier alpha value is -1.00. The van der Waals surface area contributed by atoms with Crippen molar-refractivity contribution in [3.05, 3.63) is 35.4 Å². The van der Waals surface area contributed by atoms with E-state index < -0.39 is 11.6 Å². The van der Waals surface area contributed by atoms with Crippen LogP contribution in [-0.4, -0.2) is 19.8 Å². The van der Waals surface area contributed by atoms with E-state index >= 15 is 0 Å². The minimum Gasteiger partial charge on any atom is -0.376 e. The van der Waals surface area contributed by atoms with Crippen molar-refractivity contribution in [2.75, 3.05) is 13.7 Å². The normalized spacial score (nSPS) is 22.3. The number of rotatable bonds is 3. The molecule has 0 aliphatic carbocycles. The summed E-state index contributed by atoms with van der Waals surface area (Å²) >= 11 is 0. The van der Waals surface area contributed by atoms with E-state index in [-0.39, 0.29) is 12.1 Å². The zero-order valence-corrected chi connectivity index (χ0v) is 9.17. The van der Waals surface area contributed by atoms with Crippen LogP contribution in [0.4, 0.5) is 8.78 Å². The van der Waals surface area contributed by atoms with Crippen LogP contribution in [0.5, 0.6) is 0 Å². The summed E-state index contributed by atoms with van der Waals surface area (Å²) in [5.41, 5.74) is 0.342. The van der Waals surface area contributed by atoms with Gasteiger partial charge in [0.2, 0.25) is 0 Å². The van der Waals surface area contributed by atoms with E-state index in [1.807, 2.05) is 0 Å². The summed E-state index contributed by atoms with van der Waals surface area (Å²) in [6.45, 7) is 0.694. The van der Waals surface area contributed by atoms with Crippen LogP contribution in [-0.2, 0) is 4.74 Å². The van der Waals surface area contributed by atoms with Crippen LogP contribution in [0.3, 0.4) is 0 Å². The maximum absolute atomic E-state index is 13.6. The van der Waals surface area contributed by atoms with Gasteiger partial charge < -0.3 is 10.1 Å². The zero-order valence-electron chi connectivity index (χ0n) is 9.17. The SMILES string of the molecule is CNC(c1cccc(F)c1F)C1CCCO1. The zero-order chi connectivity index (χ0) is 11.5. The average molecular weight is 227 g/mol. The van der Waals surface area contributed by atoms with Crippen molar-refractivity contribution in [3.8, 4) is 0 Å². The lowest BCUT2D eigenvalue weighted by molar-refractivity contribution is 0.0794. The maximum Gasteiger partial charge on any atom is 0.163 e. The van der Waals surface area contributed by atoms with Crippen LogP contribution in [0.1, 0.15) is 24.4 Å². The van der Waals surface area contributed by atoms with E-state index in [0.29, 0.717) is 12.2 Å². The average Bonchev–Trinajstić information content (AvgIpc) is 2.79. The van der Waals surface area contributed by atoms with Crippen LogP contribution >= 0.6 is 0 Å². The van der Waals surface area contributed by atoms with Crippen LogP contribution in [0.25, 0.3) is 0 Å². The molecule has 0 bridgehead atoms. The van der Waals surface area contributed by atoms with Gasteiger partial charge in [0.1, 0.15) is 0 Å². The van der Waals surface area contributed by atoms with Gasteiger partial charge in [0.05, 0.1) is 12.1 Å². The summed E-state index contributed by atoms with van der Waals surface area (Å²) in [6, 6.07) is 3.97. The Bertz CT molecular complexity index is 364. The van der Waals surface area contributed by atoms with E-state index in [1.165, 1.54) is 6.07 Å². The third-order valence-corrected chi connectivity index (χ3v) is 2.96. The van der Waals surface area contributed by atoms with Crippen molar-refractivity contribution in [2.45, 2.75) is 25.0 Å². The van der Waals surface area contributed by atoms with Gasteiger partial charge in [-0.05, 0) is 26.0 Å². The molecule has 0 amide bonds. The van der Waals surface area contributed by atoms with Gasteiger partial charge in [0, 0.05) is 12.2 Å². The van der Waals surface area contributed by atoms with Crippen molar-refractivity contribution in [2.24, 2.45) is 0 Å². The predicted molar refractivity (Wildman–Crippen MR) is 57.1 cm³/mol. The summed E-state index contributed by atoms with van der Waals surface area (Å²) < 4.78 is 32.2. The molecule has 16 heavy (non-hydrogen) atoms. The first kappa shape index (κ1) is 11.5. The van der Waals surface area contributed by atoms with E-state index in [9.17, 15) is 8.78 Å². The topological polar surface area (TPSA) is 21.3 Å². The van der Waals surface area contributed by atoms with Crippen molar-refractivity contribution in [3.63, 3.8) is 0 Å². The van der Waals surface area contributed by atoms with Gasteiger partial charge in [-0.2, -0.15) is 0 Å². The molecule has 1 aliphatic heterocycles. The highest BCUT2D eigenvalue weighted by molar-refractivity contribution is 5.23. The van der Waals surface area contributed by atoms with Crippen molar-refractivity contribution < 1.29 is 13.5 Å². The van der Waals surface area contributed by atoms with Gasteiger partial charge in [-0.3, -0.25) is 0 Å². The van der Waals surface area contributed by atoms with Gasteiger partial charge in [-0.25, -0.2) is 8.78 Å². The molecule has 1 fully saturated rings. The number of halogens is 2. The third-order valence-electron chi connectivity index (χ3n) is 2.96. The Morgan fingerprint density at radius 3 is 2.88 bits per heavy atom. The monoisotopic (exact) mass is 227 g/mol. The molecule has 2 atom stereocenters. The number of likely N-dealkylation sites (N-methyl/N-ethyl adjacent to an activating group) is 1. The number of benzene rings is 1. The molecule has 1 aromatic rings. The highest BCUT2D eigenvalue weighted by Crippen LogP contribution is 2.28. The van der Waals surface area contributed by atoms with Crippen LogP contribution in [0.15, 0.2) is 18.2 Å². The molecule has 0 aromatic heterocycles. The molecule has 2 nitrogen and oxygen atoms in total. The first-order valence-electron chi connectivity index (χ1n) is 5.47. The largest absolute Gasteiger partial charge is 0.376 e. The Morgan fingerprint density at radius 2 is 2.25 bits per heavy atom. The highest BCUT2D eigenvalue weighted by atomic mass is 19.2. The second kappa shape index (κ2) is 4.89. The number of hydrogen-bond acceptors (Lipinski definition) is 2. The number of nitrogens with one attached hydrogen (secondary N) is 1. The first-order valence-corrected chi connectivity index (χ1v) is 5.47. The Kier molecular flexibility index (Phi) is 3.51. The molecule has 1 aromatic carbocycles. The van der Waals surface area contributed by atoms with E-state index in [1.54, 1.807) is 13.1 Å². The molecule has 1 saturated heterocycles. The summed E-state index contributed by atoms with van der Waals surface area (Å²) in [4.78, 5) is 0. The van der Waals surface area contributed by atoms with E-state index in [4.69, 9.17) is 4.74 Å². The minimum atomic E-state index is -0.809. The van der Waals surface area contributed by atoms with Crippen molar-refractivity contribution >= 4 is 0 Å². The molecule has 1 heterocycles. The van der Waals surface area contributed by atoms with Crippen LogP contribution in [0.2, 0.25) is 0 Å². The molecule has 0 spiro atoms. The molecule has 0 saturated carbocycles. The first-order chi connectivity index (χ1) is 7.74. The second-order valence-corrected chi connectivity index (χ2v) is 3.96. The molecule has 2 rings (SSSR count). The fraction of sp³-hybridized carbons (Fsp3) is 0.500. The lowest BCUT2D eigenvalue weighted by Gasteiger charge is -2.23. The molecule has 0 radical (unpaired) electrons. The van der Waals surface area contributed by atoms with E-state index in [2.05, 4.69) is 5.32 Å². The Balaban J connectivity index is 2.28. The van der Waals surface area contributed by atoms with Crippen LogP contribution < -0.4 is 5.32 Å². The number of hydrogen-bond donors (Lipinski definition) is 1. The molecular weight excluding hydrogens is 212 g/mol. The molecule has 88 valence electrons. The highest BCUT2D eigenvalue weighted by Gasteiger charge is 2.28. The third kappa shape index (κ3) is 2.08. The summed E-state index contributed by atoms with van der Waals surface area (Å²) in [5, 5.41) is 3.00. The fourth-order valence-electron chi connectivity index (χ4n) is 2.17. The summed E-state index contributed by atoms with van der Waals surface area (Å²) in [7, 11) is 1.73. The van der Waals surface area contributed by atoms with Crippen molar-refractivity contribution in [1.82, 2.24) is 5.32 Å². The van der Waals surface area contributed by atoms with Gasteiger partial charge in [-0.15, -0.1) is 0 Å². The predicted octanol–water partition coefficient (Wildman–Crippen LogP) is 2.40. The van der Waals surface area contributed by atoms with Gasteiger partial charge >= 0.3 is 0 Å².